The zero-order valence-electron chi connectivity index (χ0n) is 17.2. The van der Waals surface area contributed by atoms with Gasteiger partial charge in [-0.2, -0.15) is 0 Å². The van der Waals surface area contributed by atoms with E-state index < -0.39 is 27.8 Å². The van der Waals surface area contributed by atoms with Crippen molar-refractivity contribution in [2.75, 3.05) is 15.9 Å². The van der Waals surface area contributed by atoms with Gasteiger partial charge in [0.25, 0.3) is 0 Å². The van der Waals surface area contributed by atoms with Gasteiger partial charge in [0.2, 0.25) is 21.1 Å². The fourth-order valence-corrected chi connectivity index (χ4v) is 6.00. The molecule has 0 fully saturated rings. The van der Waals surface area contributed by atoms with E-state index >= 15 is 0 Å². The summed E-state index contributed by atoms with van der Waals surface area (Å²) in [7, 11) is -3.88. The smallest absolute Gasteiger partial charge is 0.250 e. The Morgan fingerprint density at radius 3 is 2.59 bits per heavy atom. The number of nitrogens with one attached hydrogen (secondary N) is 1. The van der Waals surface area contributed by atoms with Crippen molar-refractivity contribution >= 4 is 61.4 Å². The van der Waals surface area contributed by atoms with Gasteiger partial charge in [0.05, 0.1) is 17.0 Å². The van der Waals surface area contributed by atoms with E-state index in [2.05, 4.69) is 15.5 Å². The number of thioether (sulfide) groups is 1. The van der Waals surface area contributed by atoms with Crippen LogP contribution in [0.1, 0.15) is 18.9 Å². The summed E-state index contributed by atoms with van der Waals surface area (Å²) in [6.07, 6.45) is 1.14. The van der Waals surface area contributed by atoms with Crippen LogP contribution in [0.3, 0.4) is 0 Å². The van der Waals surface area contributed by atoms with E-state index in [1.165, 1.54) is 35.2 Å². The highest BCUT2D eigenvalue weighted by molar-refractivity contribution is 8.00. The van der Waals surface area contributed by atoms with Crippen molar-refractivity contribution in [3.63, 3.8) is 0 Å². The summed E-state index contributed by atoms with van der Waals surface area (Å²) < 4.78 is 40.1. The molecular formula is C20H20ClFN4O3S3. The van der Waals surface area contributed by atoms with Crippen molar-refractivity contribution in [3.05, 3.63) is 64.9 Å². The second kappa shape index (κ2) is 10.6. The van der Waals surface area contributed by atoms with E-state index in [1.54, 1.807) is 6.92 Å². The molecule has 1 atom stereocenters. The number of benzene rings is 2. The predicted molar refractivity (Wildman–Crippen MR) is 127 cm³/mol. The SMILES string of the molecule is CC[C@H](C(=O)Nc1nnc(SCc2ccccc2)s1)N(c1ccc(F)c(Cl)c1)S(C)(=O)=O. The summed E-state index contributed by atoms with van der Waals surface area (Å²) >= 11 is 8.51. The minimum Gasteiger partial charge on any atom is -0.299 e. The molecule has 170 valence electrons. The summed E-state index contributed by atoms with van der Waals surface area (Å²) in [5.74, 6) is -0.557. The first-order chi connectivity index (χ1) is 15.2. The molecule has 0 aliphatic carbocycles. The van der Waals surface area contributed by atoms with Crippen LogP contribution < -0.4 is 9.62 Å². The van der Waals surface area contributed by atoms with Gasteiger partial charge in [-0.1, -0.05) is 72.0 Å². The number of carbonyl (C=O) groups excluding carboxylic acids is 1. The van der Waals surface area contributed by atoms with Crippen LogP contribution in [0, 0.1) is 5.82 Å². The minimum absolute atomic E-state index is 0.0947. The first kappa shape index (κ1) is 24.4. The van der Waals surface area contributed by atoms with Crippen LogP contribution in [0.25, 0.3) is 0 Å². The van der Waals surface area contributed by atoms with Crippen molar-refractivity contribution in [2.45, 2.75) is 29.5 Å². The second-order valence-corrected chi connectivity index (χ2v) is 11.2. The number of nitrogens with zero attached hydrogens (tertiary/aromatic N) is 3. The van der Waals surface area contributed by atoms with Gasteiger partial charge in [0.1, 0.15) is 11.9 Å². The first-order valence-electron chi connectivity index (χ1n) is 9.44. The van der Waals surface area contributed by atoms with Gasteiger partial charge in [-0.3, -0.25) is 14.4 Å². The van der Waals surface area contributed by atoms with Crippen LogP contribution in [0.4, 0.5) is 15.2 Å². The lowest BCUT2D eigenvalue weighted by molar-refractivity contribution is -0.117. The fourth-order valence-electron chi connectivity index (χ4n) is 2.91. The number of rotatable bonds is 9. The number of carbonyl (C=O) groups is 1. The fraction of sp³-hybridized carbons (Fsp3) is 0.250. The Morgan fingerprint density at radius 2 is 1.97 bits per heavy atom. The van der Waals surface area contributed by atoms with Crippen molar-refractivity contribution in [3.8, 4) is 0 Å². The highest BCUT2D eigenvalue weighted by Gasteiger charge is 2.32. The molecule has 1 heterocycles. The largest absolute Gasteiger partial charge is 0.299 e. The van der Waals surface area contributed by atoms with Crippen molar-refractivity contribution in [1.29, 1.82) is 0 Å². The predicted octanol–water partition coefficient (Wildman–Crippen LogP) is 4.81. The summed E-state index contributed by atoms with van der Waals surface area (Å²) in [6.45, 7) is 1.68. The first-order valence-corrected chi connectivity index (χ1v) is 13.5. The van der Waals surface area contributed by atoms with Crippen molar-refractivity contribution in [1.82, 2.24) is 10.2 Å². The topological polar surface area (TPSA) is 92.3 Å². The molecule has 0 spiro atoms. The Balaban J connectivity index is 1.75. The Morgan fingerprint density at radius 1 is 1.25 bits per heavy atom. The van der Waals surface area contributed by atoms with Crippen LogP contribution in [0.2, 0.25) is 5.02 Å². The lowest BCUT2D eigenvalue weighted by atomic mass is 10.2. The number of halogens is 2. The third-order valence-corrected chi connectivity index (χ3v) is 7.84. The summed E-state index contributed by atoms with van der Waals surface area (Å²) in [5.41, 5.74) is 1.23. The molecule has 0 unspecified atom stereocenters. The second-order valence-electron chi connectivity index (χ2n) is 6.72. The molecule has 1 aromatic heterocycles. The molecule has 0 aliphatic heterocycles. The van der Waals surface area contributed by atoms with E-state index in [0.717, 1.165) is 22.2 Å². The number of sulfonamides is 1. The van der Waals surface area contributed by atoms with Gasteiger partial charge >= 0.3 is 0 Å². The van der Waals surface area contributed by atoms with E-state index in [4.69, 9.17) is 11.6 Å². The number of hydrogen-bond acceptors (Lipinski definition) is 7. The maximum absolute atomic E-state index is 13.6. The summed E-state index contributed by atoms with van der Waals surface area (Å²) in [5, 5.41) is 10.7. The zero-order chi connectivity index (χ0) is 23.3. The van der Waals surface area contributed by atoms with Gasteiger partial charge in [0, 0.05) is 5.75 Å². The monoisotopic (exact) mass is 514 g/mol. The average Bonchev–Trinajstić information content (AvgIpc) is 3.19. The van der Waals surface area contributed by atoms with Crippen LogP contribution in [-0.4, -0.2) is 36.8 Å². The molecule has 32 heavy (non-hydrogen) atoms. The standard InChI is InChI=1S/C20H20ClFN4O3S3/c1-3-17(26(32(2,28)29)14-9-10-16(22)15(21)11-14)18(27)23-19-24-25-20(31-19)30-12-13-7-5-4-6-8-13/h4-11,17H,3,12H2,1-2H3,(H,23,24,27)/t17-/m1/s1. The molecule has 2 aromatic carbocycles. The Labute approximate surface area is 199 Å². The number of amides is 1. The number of hydrogen-bond donors (Lipinski definition) is 1. The molecule has 0 saturated heterocycles. The molecule has 1 amide bonds. The summed E-state index contributed by atoms with van der Waals surface area (Å²) in [4.78, 5) is 13.0. The quantitative estimate of drug-likeness (QED) is 0.325. The Bertz CT molecular complexity index is 1190. The van der Waals surface area contributed by atoms with Gasteiger partial charge in [-0.15, -0.1) is 10.2 Å². The van der Waals surface area contributed by atoms with Gasteiger partial charge in [0.15, 0.2) is 4.34 Å². The molecule has 12 heteroatoms. The molecule has 1 N–H and O–H groups in total. The number of aromatic nitrogens is 2. The van der Waals surface area contributed by atoms with Crippen LogP contribution in [0.15, 0.2) is 52.9 Å². The van der Waals surface area contributed by atoms with E-state index in [-0.39, 0.29) is 22.3 Å². The molecule has 3 rings (SSSR count). The Kier molecular flexibility index (Phi) is 8.10. The third-order valence-electron chi connectivity index (χ3n) is 4.33. The van der Waals surface area contributed by atoms with Crippen LogP contribution in [-0.2, 0) is 20.6 Å². The Hall–Kier alpha value is -2.21. The zero-order valence-corrected chi connectivity index (χ0v) is 20.4. The van der Waals surface area contributed by atoms with Crippen LogP contribution in [0.5, 0.6) is 0 Å². The lowest BCUT2D eigenvalue weighted by Gasteiger charge is -2.29. The molecule has 0 aliphatic rings. The molecule has 3 aromatic rings. The minimum atomic E-state index is -3.88. The van der Waals surface area contributed by atoms with Crippen molar-refractivity contribution < 1.29 is 17.6 Å². The maximum Gasteiger partial charge on any atom is 0.250 e. The van der Waals surface area contributed by atoms with E-state index in [0.29, 0.717) is 10.1 Å². The molecule has 0 radical (unpaired) electrons. The van der Waals surface area contributed by atoms with Crippen molar-refractivity contribution in [2.24, 2.45) is 0 Å². The molecule has 0 bridgehead atoms. The lowest BCUT2D eigenvalue weighted by Crippen LogP contribution is -2.47. The molecule has 7 nitrogen and oxygen atoms in total. The van der Waals surface area contributed by atoms with E-state index in [1.807, 2.05) is 30.3 Å². The van der Waals surface area contributed by atoms with Gasteiger partial charge < -0.3 is 0 Å². The van der Waals surface area contributed by atoms with Gasteiger partial charge in [-0.25, -0.2) is 12.8 Å². The third kappa shape index (κ3) is 6.18. The highest BCUT2D eigenvalue weighted by atomic mass is 35.5. The molecule has 0 saturated carbocycles. The normalized spacial score (nSPS) is 12.4. The molecular weight excluding hydrogens is 495 g/mol. The highest BCUT2D eigenvalue weighted by Crippen LogP contribution is 2.30. The van der Waals surface area contributed by atoms with Crippen LogP contribution >= 0.6 is 34.7 Å². The van der Waals surface area contributed by atoms with Gasteiger partial charge in [-0.05, 0) is 30.2 Å². The van der Waals surface area contributed by atoms with E-state index in [9.17, 15) is 17.6 Å². The maximum atomic E-state index is 13.6. The number of anilines is 2. The summed E-state index contributed by atoms with van der Waals surface area (Å²) in [6, 6.07) is 12.3. The average molecular weight is 515 g/mol.